The summed E-state index contributed by atoms with van der Waals surface area (Å²) in [5, 5.41) is 9.14. The molecular weight excluding hydrogens is 352 g/mol. The van der Waals surface area contributed by atoms with Gasteiger partial charge < -0.3 is 9.52 Å². The van der Waals surface area contributed by atoms with Crippen LogP contribution in [-0.4, -0.2) is 35.9 Å². The molecule has 6 nitrogen and oxygen atoms in total. The van der Waals surface area contributed by atoms with Crippen molar-refractivity contribution in [3.8, 4) is 22.6 Å². The smallest absolute Gasteiger partial charge is 0.226 e. The molecule has 136 valence electrons. The molecule has 0 spiro atoms. The highest BCUT2D eigenvalue weighted by Crippen LogP contribution is 2.26. The van der Waals surface area contributed by atoms with E-state index in [1.807, 2.05) is 31.2 Å². The molecule has 0 bridgehead atoms. The fraction of sp³-hybridized carbons (Fsp3) is 0.263. The van der Waals surface area contributed by atoms with Crippen molar-refractivity contribution in [2.75, 3.05) is 12.4 Å². The van der Waals surface area contributed by atoms with E-state index in [4.69, 9.17) is 9.52 Å². The van der Waals surface area contributed by atoms with Crippen molar-refractivity contribution in [2.24, 2.45) is 0 Å². The first-order valence-corrected chi connectivity index (χ1v) is 9.96. The second-order valence-electron chi connectivity index (χ2n) is 5.86. The molecule has 7 heteroatoms. The molecule has 0 aliphatic rings. The van der Waals surface area contributed by atoms with Crippen LogP contribution in [0.15, 0.2) is 52.0 Å². The van der Waals surface area contributed by atoms with Gasteiger partial charge in [-0.25, -0.2) is 18.4 Å². The minimum absolute atomic E-state index is 0.0296. The molecule has 0 saturated heterocycles. The van der Waals surface area contributed by atoms with Gasteiger partial charge in [-0.15, -0.1) is 0 Å². The number of sulfone groups is 1. The molecule has 0 radical (unpaired) electrons. The minimum Gasteiger partial charge on any atom is -0.441 e. The predicted molar refractivity (Wildman–Crippen MR) is 98.4 cm³/mol. The summed E-state index contributed by atoms with van der Waals surface area (Å²) in [6.07, 6.45) is 2.03. The Morgan fingerprint density at radius 2 is 1.69 bits per heavy atom. The first kappa shape index (κ1) is 18.3. The van der Waals surface area contributed by atoms with Gasteiger partial charge in [-0.2, -0.15) is 0 Å². The van der Waals surface area contributed by atoms with Crippen molar-refractivity contribution in [1.29, 1.82) is 0 Å². The SMILES string of the molecule is CCS(=O)(=O)c1ccc(-c2ccc(-c3nc(CCO)c(C)o3)cc2)cn1. The number of pyridine rings is 1. The van der Waals surface area contributed by atoms with Gasteiger partial charge in [0.15, 0.2) is 14.9 Å². The Hall–Kier alpha value is -2.51. The van der Waals surface area contributed by atoms with E-state index < -0.39 is 9.84 Å². The third kappa shape index (κ3) is 3.68. The Morgan fingerprint density at radius 3 is 2.27 bits per heavy atom. The van der Waals surface area contributed by atoms with Crippen molar-refractivity contribution in [1.82, 2.24) is 9.97 Å². The molecule has 26 heavy (non-hydrogen) atoms. The van der Waals surface area contributed by atoms with Gasteiger partial charge in [0.2, 0.25) is 5.89 Å². The van der Waals surface area contributed by atoms with Gasteiger partial charge >= 0.3 is 0 Å². The van der Waals surface area contributed by atoms with Gasteiger partial charge in [0, 0.05) is 30.4 Å². The van der Waals surface area contributed by atoms with Crippen LogP contribution in [0.1, 0.15) is 18.4 Å². The zero-order valence-electron chi connectivity index (χ0n) is 14.6. The van der Waals surface area contributed by atoms with Gasteiger partial charge in [-0.1, -0.05) is 19.1 Å². The molecule has 0 aliphatic carbocycles. The lowest BCUT2D eigenvalue weighted by atomic mass is 10.1. The summed E-state index contributed by atoms with van der Waals surface area (Å²) in [7, 11) is -3.30. The third-order valence-corrected chi connectivity index (χ3v) is 5.78. The summed E-state index contributed by atoms with van der Waals surface area (Å²) < 4.78 is 29.3. The summed E-state index contributed by atoms with van der Waals surface area (Å²) in [4.78, 5) is 8.49. The first-order chi connectivity index (χ1) is 12.4. The predicted octanol–water partition coefficient (Wildman–Crippen LogP) is 3.04. The van der Waals surface area contributed by atoms with E-state index >= 15 is 0 Å². The van der Waals surface area contributed by atoms with Crippen LogP contribution in [0.25, 0.3) is 22.6 Å². The molecule has 1 aromatic carbocycles. The average molecular weight is 372 g/mol. The number of rotatable bonds is 6. The largest absolute Gasteiger partial charge is 0.441 e. The minimum atomic E-state index is -3.30. The Bertz CT molecular complexity index is 991. The highest BCUT2D eigenvalue weighted by atomic mass is 32.2. The Balaban J connectivity index is 1.85. The summed E-state index contributed by atoms with van der Waals surface area (Å²) in [5.41, 5.74) is 3.33. The fourth-order valence-corrected chi connectivity index (χ4v) is 3.36. The number of aliphatic hydroxyl groups is 1. The van der Waals surface area contributed by atoms with Gasteiger partial charge in [-0.05, 0) is 36.8 Å². The number of aryl methyl sites for hydroxylation is 1. The van der Waals surface area contributed by atoms with E-state index in [0.29, 0.717) is 18.1 Å². The highest BCUT2D eigenvalue weighted by molar-refractivity contribution is 7.91. The van der Waals surface area contributed by atoms with Crippen LogP contribution in [-0.2, 0) is 16.3 Å². The van der Waals surface area contributed by atoms with Crippen LogP contribution in [0.4, 0.5) is 0 Å². The quantitative estimate of drug-likeness (QED) is 0.715. The van der Waals surface area contributed by atoms with Crippen LogP contribution in [0.5, 0.6) is 0 Å². The molecule has 0 aliphatic heterocycles. The number of benzene rings is 1. The van der Waals surface area contributed by atoms with E-state index in [2.05, 4.69) is 9.97 Å². The average Bonchev–Trinajstić information content (AvgIpc) is 3.03. The second-order valence-corrected chi connectivity index (χ2v) is 8.09. The van der Waals surface area contributed by atoms with E-state index in [9.17, 15) is 8.42 Å². The van der Waals surface area contributed by atoms with E-state index in [-0.39, 0.29) is 17.4 Å². The maximum Gasteiger partial charge on any atom is 0.226 e. The molecule has 1 N–H and O–H groups in total. The molecular formula is C19H20N2O4S. The van der Waals surface area contributed by atoms with Crippen LogP contribution in [0.3, 0.4) is 0 Å². The van der Waals surface area contributed by atoms with Gasteiger partial charge in [-0.3, -0.25) is 0 Å². The first-order valence-electron chi connectivity index (χ1n) is 8.31. The summed E-state index contributed by atoms with van der Waals surface area (Å²) >= 11 is 0. The van der Waals surface area contributed by atoms with Crippen molar-refractivity contribution in [2.45, 2.75) is 25.3 Å². The fourth-order valence-electron chi connectivity index (χ4n) is 2.58. The van der Waals surface area contributed by atoms with Gasteiger partial charge in [0.25, 0.3) is 0 Å². The second kappa shape index (κ2) is 7.39. The highest BCUT2D eigenvalue weighted by Gasteiger charge is 2.14. The zero-order chi connectivity index (χ0) is 18.7. The number of aliphatic hydroxyl groups excluding tert-OH is 1. The normalized spacial score (nSPS) is 11.7. The topological polar surface area (TPSA) is 93.3 Å². The molecule has 0 unspecified atom stereocenters. The third-order valence-electron chi connectivity index (χ3n) is 4.14. The zero-order valence-corrected chi connectivity index (χ0v) is 15.5. The van der Waals surface area contributed by atoms with Gasteiger partial charge in [0.05, 0.1) is 11.4 Å². The van der Waals surface area contributed by atoms with Crippen molar-refractivity contribution in [3.63, 3.8) is 0 Å². The van der Waals surface area contributed by atoms with Gasteiger partial charge in [0.1, 0.15) is 5.76 Å². The summed E-state index contributed by atoms with van der Waals surface area (Å²) in [6.45, 7) is 3.45. The van der Waals surface area contributed by atoms with Crippen molar-refractivity contribution >= 4 is 9.84 Å². The lowest BCUT2D eigenvalue weighted by Gasteiger charge is -2.04. The number of hydrogen-bond donors (Lipinski definition) is 1. The molecule has 3 aromatic rings. The molecule has 0 fully saturated rings. The van der Waals surface area contributed by atoms with E-state index in [1.54, 1.807) is 19.2 Å². The Labute approximate surface area is 152 Å². The molecule has 0 amide bonds. The number of hydrogen-bond acceptors (Lipinski definition) is 6. The monoisotopic (exact) mass is 372 g/mol. The molecule has 2 heterocycles. The number of aromatic nitrogens is 2. The lowest BCUT2D eigenvalue weighted by Crippen LogP contribution is -2.05. The van der Waals surface area contributed by atoms with Crippen LogP contribution < -0.4 is 0 Å². The maximum atomic E-state index is 11.8. The Morgan fingerprint density at radius 1 is 1.04 bits per heavy atom. The van der Waals surface area contributed by atoms with Crippen LogP contribution in [0.2, 0.25) is 0 Å². The number of oxazole rings is 1. The number of nitrogens with zero attached hydrogens (tertiary/aromatic N) is 2. The van der Waals surface area contributed by atoms with E-state index in [0.717, 1.165) is 22.4 Å². The Kier molecular flexibility index (Phi) is 5.20. The molecule has 2 aromatic heterocycles. The maximum absolute atomic E-state index is 11.8. The van der Waals surface area contributed by atoms with E-state index in [1.165, 1.54) is 6.07 Å². The molecule has 0 atom stereocenters. The van der Waals surface area contributed by atoms with Crippen molar-refractivity contribution < 1.29 is 17.9 Å². The summed E-state index contributed by atoms with van der Waals surface area (Å²) in [5.74, 6) is 1.25. The van der Waals surface area contributed by atoms with Crippen molar-refractivity contribution in [3.05, 3.63) is 54.0 Å². The van der Waals surface area contributed by atoms with Crippen LogP contribution >= 0.6 is 0 Å². The molecule has 3 rings (SSSR count). The molecule has 0 saturated carbocycles. The standard InChI is InChI=1S/C19H20N2O4S/c1-3-26(23,24)18-9-8-16(12-20-18)14-4-6-15(7-5-14)19-21-17(10-11-22)13(2)25-19/h4-9,12,22H,3,10-11H2,1-2H3. The van der Waals surface area contributed by atoms with Crippen LogP contribution in [0, 0.1) is 6.92 Å². The summed E-state index contributed by atoms with van der Waals surface area (Å²) in [6, 6.07) is 10.9. The lowest BCUT2D eigenvalue weighted by molar-refractivity contribution is 0.297.